The molecule has 8 heteroatoms. The predicted octanol–water partition coefficient (Wildman–Crippen LogP) is 2.81. The summed E-state index contributed by atoms with van der Waals surface area (Å²) >= 11 is 0. The Kier molecular flexibility index (Phi) is 4.74. The van der Waals surface area contributed by atoms with Crippen LogP contribution in [0.3, 0.4) is 0 Å². The van der Waals surface area contributed by atoms with Gasteiger partial charge >= 0.3 is 6.18 Å². The molecule has 124 valence electrons. The van der Waals surface area contributed by atoms with Gasteiger partial charge in [-0.2, -0.15) is 18.3 Å². The average molecular weight is 326 g/mol. The molecule has 3 N–H and O–H groups in total. The highest BCUT2D eigenvalue weighted by atomic mass is 19.4. The highest BCUT2D eigenvalue weighted by Gasteiger charge is 2.35. The Labute approximate surface area is 131 Å². The SMILES string of the molecule is CC(C)C(N)C(=O)Nc1ccc(-n2nccc2C(F)(F)F)cc1. The van der Waals surface area contributed by atoms with Crippen LogP contribution in [0.5, 0.6) is 0 Å². The highest BCUT2D eigenvalue weighted by molar-refractivity contribution is 5.94. The van der Waals surface area contributed by atoms with Crippen LogP contribution >= 0.6 is 0 Å². The Hall–Kier alpha value is -2.35. The zero-order valence-electron chi connectivity index (χ0n) is 12.6. The summed E-state index contributed by atoms with van der Waals surface area (Å²) in [5, 5.41) is 6.31. The Morgan fingerprint density at radius 1 is 1.22 bits per heavy atom. The van der Waals surface area contributed by atoms with E-state index in [-0.39, 0.29) is 17.5 Å². The minimum absolute atomic E-state index is 0.0207. The van der Waals surface area contributed by atoms with Crippen LogP contribution in [-0.4, -0.2) is 21.7 Å². The molecule has 0 aliphatic heterocycles. The second-order valence-electron chi connectivity index (χ2n) is 5.43. The largest absolute Gasteiger partial charge is 0.433 e. The van der Waals surface area contributed by atoms with E-state index < -0.39 is 17.9 Å². The second-order valence-corrected chi connectivity index (χ2v) is 5.43. The first-order valence-corrected chi connectivity index (χ1v) is 6.98. The first kappa shape index (κ1) is 17.0. The van der Waals surface area contributed by atoms with Gasteiger partial charge < -0.3 is 11.1 Å². The van der Waals surface area contributed by atoms with Crippen LogP contribution in [0.1, 0.15) is 19.5 Å². The molecule has 0 saturated heterocycles. The smallest absolute Gasteiger partial charge is 0.325 e. The third-order valence-corrected chi connectivity index (χ3v) is 3.33. The van der Waals surface area contributed by atoms with Crippen LogP contribution in [0.4, 0.5) is 18.9 Å². The van der Waals surface area contributed by atoms with E-state index in [0.717, 1.165) is 16.9 Å². The normalized spacial score (nSPS) is 13.2. The van der Waals surface area contributed by atoms with E-state index in [1.165, 1.54) is 24.3 Å². The van der Waals surface area contributed by atoms with Crippen LogP contribution in [0, 0.1) is 5.92 Å². The van der Waals surface area contributed by atoms with Crippen molar-refractivity contribution in [2.45, 2.75) is 26.1 Å². The van der Waals surface area contributed by atoms with E-state index in [4.69, 9.17) is 5.73 Å². The summed E-state index contributed by atoms with van der Waals surface area (Å²) in [6.45, 7) is 3.65. The number of nitrogens with one attached hydrogen (secondary N) is 1. The number of amides is 1. The van der Waals surface area contributed by atoms with Crippen molar-refractivity contribution in [2.24, 2.45) is 11.7 Å². The van der Waals surface area contributed by atoms with Gasteiger partial charge in [0.2, 0.25) is 5.91 Å². The summed E-state index contributed by atoms with van der Waals surface area (Å²) < 4.78 is 39.4. The molecule has 1 aromatic carbocycles. The average Bonchev–Trinajstić information content (AvgIpc) is 2.96. The lowest BCUT2D eigenvalue weighted by molar-refractivity contribution is -0.142. The predicted molar refractivity (Wildman–Crippen MR) is 80.0 cm³/mol. The minimum atomic E-state index is -4.49. The second kappa shape index (κ2) is 6.41. The number of nitrogens with zero attached hydrogens (tertiary/aromatic N) is 2. The molecular weight excluding hydrogens is 309 g/mol. The van der Waals surface area contributed by atoms with Crippen molar-refractivity contribution in [3.05, 3.63) is 42.2 Å². The van der Waals surface area contributed by atoms with Gasteiger partial charge in [0, 0.05) is 5.69 Å². The fraction of sp³-hybridized carbons (Fsp3) is 0.333. The Morgan fingerprint density at radius 2 is 1.83 bits per heavy atom. The zero-order chi connectivity index (χ0) is 17.2. The van der Waals surface area contributed by atoms with E-state index in [0.29, 0.717) is 5.69 Å². The van der Waals surface area contributed by atoms with Gasteiger partial charge in [-0.05, 0) is 36.2 Å². The highest BCUT2D eigenvalue weighted by Crippen LogP contribution is 2.30. The third kappa shape index (κ3) is 3.89. The number of hydrogen-bond acceptors (Lipinski definition) is 3. The van der Waals surface area contributed by atoms with Crippen molar-refractivity contribution in [3.63, 3.8) is 0 Å². The lowest BCUT2D eigenvalue weighted by atomic mass is 10.0. The van der Waals surface area contributed by atoms with Crippen molar-refractivity contribution in [2.75, 3.05) is 5.32 Å². The molecule has 23 heavy (non-hydrogen) atoms. The number of benzene rings is 1. The zero-order valence-corrected chi connectivity index (χ0v) is 12.6. The fourth-order valence-electron chi connectivity index (χ4n) is 1.94. The van der Waals surface area contributed by atoms with Crippen LogP contribution in [0.15, 0.2) is 36.5 Å². The topological polar surface area (TPSA) is 72.9 Å². The van der Waals surface area contributed by atoms with Crippen LogP contribution in [0.2, 0.25) is 0 Å². The van der Waals surface area contributed by atoms with Crippen molar-refractivity contribution >= 4 is 11.6 Å². The molecular formula is C15H17F3N4O. The summed E-state index contributed by atoms with van der Waals surface area (Å²) in [6, 6.07) is 6.14. The first-order valence-electron chi connectivity index (χ1n) is 6.98. The van der Waals surface area contributed by atoms with Gasteiger partial charge in [0.05, 0.1) is 17.9 Å². The first-order chi connectivity index (χ1) is 10.7. The van der Waals surface area contributed by atoms with E-state index in [1.807, 2.05) is 13.8 Å². The van der Waals surface area contributed by atoms with Crippen LogP contribution in [-0.2, 0) is 11.0 Å². The molecule has 0 aliphatic rings. The summed E-state index contributed by atoms with van der Waals surface area (Å²) in [4.78, 5) is 11.9. The summed E-state index contributed by atoms with van der Waals surface area (Å²) in [5.74, 6) is -0.365. The summed E-state index contributed by atoms with van der Waals surface area (Å²) in [7, 11) is 0. The van der Waals surface area contributed by atoms with Gasteiger partial charge in [-0.3, -0.25) is 4.79 Å². The van der Waals surface area contributed by atoms with Gasteiger partial charge in [0.25, 0.3) is 0 Å². The molecule has 2 aromatic rings. The Bertz CT molecular complexity index is 677. The maximum Gasteiger partial charge on any atom is 0.433 e. The molecule has 1 heterocycles. The van der Waals surface area contributed by atoms with Crippen LogP contribution < -0.4 is 11.1 Å². The number of hydrogen-bond donors (Lipinski definition) is 2. The van der Waals surface area contributed by atoms with E-state index in [1.54, 1.807) is 0 Å². The minimum Gasteiger partial charge on any atom is -0.325 e. The molecule has 2 rings (SSSR count). The Morgan fingerprint density at radius 3 is 2.35 bits per heavy atom. The number of carbonyl (C=O) groups is 1. The van der Waals surface area contributed by atoms with Crippen molar-refractivity contribution in [1.82, 2.24) is 9.78 Å². The van der Waals surface area contributed by atoms with Gasteiger partial charge in [-0.25, -0.2) is 4.68 Å². The molecule has 1 atom stereocenters. The van der Waals surface area contributed by atoms with Gasteiger partial charge in [-0.1, -0.05) is 13.8 Å². The Balaban J connectivity index is 2.18. The maximum atomic E-state index is 12.9. The molecule has 0 fully saturated rings. The number of nitrogens with two attached hydrogens (primary N) is 1. The molecule has 1 aromatic heterocycles. The number of carbonyl (C=O) groups excluding carboxylic acids is 1. The third-order valence-electron chi connectivity index (χ3n) is 3.33. The standard InChI is InChI=1S/C15H17F3N4O/c1-9(2)13(19)14(23)21-10-3-5-11(6-4-10)22-12(7-8-20-22)15(16,17)18/h3-9,13H,19H2,1-2H3,(H,21,23). The monoisotopic (exact) mass is 326 g/mol. The molecule has 0 bridgehead atoms. The van der Waals surface area contributed by atoms with Gasteiger partial charge in [0.1, 0.15) is 5.69 Å². The van der Waals surface area contributed by atoms with Gasteiger partial charge in [-0.15, -0.1) is 0 Å². The van der Waals surface area contributed by atoms with E-state index in [9.17, 15) is 18.0 Å². The molecule has 0 aliphatic carbocycles. The summed E-state index contributed by atoms with van der Waals surface area (Å²) in [5.41, 5.74) is 5.56. The molecule has 1 unspecified atom stereocenters. The lowest BCUT2D eigenvalue weighted by Gasteiger charge is -2.15. The van der Waals surface area contributed by atoms with Crippen LogP contribution in [0.25, 0.3) is 5.69 Å². The van der Waals surface area contributed by atoms with Crippen molar-refractivity contribution in [3.8, 4) is 5.69 Å². The molecule has 0 spiro atoms. The van der Waals surface area contributed by atoms with Gasteiger partial charge in [0.15, 0.2) is 0 Å². The molecule has 1 amide bonds. The van der Waals surface area contributed by atoms with E-state index in [2.05, 4.69) is 10.4 Å². The summed E-state index contributed by atoms with van der Waals surface area (Å²) in [6.07, 6.45) is -3.41. The molecule has 0 saturated carbocycles. The molecule has 0 radical (unpaired) electrons. The van der Waals surface area contributed by atoms with Crippen molar-refractivity contribution < 1.29 is 18.0 Å². The maximum absolute atomic E-state index is 12.9. The fourth-order valence-corrected chi connectivity index (χ4v) is 1.94. The lowest BCUT2D eigenvalue weighted by Crippen LogP contribution is -2.39. The van der Waals surface area contributed by atoms with E-state index >= 15 is 0 Å². The quantitative estimate of drug-likeness (QED) is 0.907. The number of anilines is 1. The number of halogens is 3. The number of rotatable bonds is 4. The van der Waals surface area contributed by atoms with Crippen molar-refractivity contribution in [1.29, 1.82) is 0 Å². The number of alkyl halides is 3. The number of aromatic nitrogens is 2. The molecule has 5 nitrogen and oxygen atoms in total.